The lowest BCUT2D eigenvalue weighted by Gasteiger charge is -2.16. The van der Waals surface area contributed by atoms with Gasteiger partial charge in [-0.1, -0.05) is 0 Å². The molecule has 0 bridgehead atoms. The minimum absolute atomic E-state index is 0.362. The predicted octanol–water partition coefficient (Wildman–Crippen LogP) is 2.69. The molecule has 1 aliphatic heterocycles. The van der Waals surface area contributed by atoms with E-state index in [1.165, 1.54) is 17.3 Å². The Bertz CT molecular complexity index is 484. The summed E-state index contributed by atoms with van der Waals surface area (Å²) in [5.74, 6) is 0.990. The lowest BCUT2D eigenvalue weighted by atomic mass is 10.1. The van der Waals surface area contributed by atoms with E-state index >= 15 is 0 Å². The molecule has 90 valence electrons. The normalized spacial score (nSPS) is 21.3. The molecule has 0 aliphatic carbocycles. The number of rotatable bonds is 2. The Morgan fingerprint density at radius 3 is 3.12 bits per heavy atom. The van der Waals surface area contributed by atoms with Gasteiger partial charge in [0.05, 0.1) is 6.10 Å². The molecule has 1 aromatic heterocycles. The standard InChI is InChI=1S/C14H18N2O/c1-2-12(6-8-15-7-1)17-13-3-4-14-11(10-13)5-9-16-14/h3-5,9-10,12,15-16H,1-2,6-8H2. The lowest BCUT2D eigenvalue weighted by Crippen LogP contribution is -2.19. The maximum absolute atomic E-state index is 6.06. The molecule has 3 heteroatoms. The van der Waals surface area contributed by atoms with Crippen molar-refractivity contribution in [1.29, 1.82) is 0 Å². The van der Waals surface area contributed by atoms with Gasteiger partial charge >= 0.3 is 0 Å². The average Bonchev–Trinajstić information content (AvgIpc) is 2.65. The fourth-order valence-electron chi connectivity index (χ4n) is 2.40. The number of aromatic nitrogens is 1. The van der Waals surface area contributed by atoms with E-state index in [4.69, 9.17) is 4.74 Å². The van der Waals surface area contributed by atoms with Gasteiger partial charge in [-0.3, -0.25) is 0 Å². The summed E-state index contributed by atoms with van der Waals surface area (Å²) in [6.45, 7) is 2.19. The van der Waals surface area contributed by atoms with Gasteiger partial charge in [0.1, 0.15) is 5.75 Å². The number of ether oxygens (including phenoxy) is 1. The van der Waals surface area contributed by atoms with E-state index in [-0.39, 0.29) is 0 Å². The van der Waals surface area contributed by atoms with Crippen LogP contribution in [0.1, 0.15) is 19.3 Å². The quantitative estimate of drug-likeness (QED) is 0.832. The third-order valence-electron chi connectivity index (χ3n) is 3.35. The maximum atomic E-state index is 6.06. The third-order valence-corrected chi connectivity index (χ3v) is 3.35. The summed E-state index contributed by atoms with van der Waals surface area (Å²) >= 11 is 0. The van der Waals surface area contributed by atoms with Crippen molar-refractivity contribution >= 4 is 10.9 Å². The molecule has 3 rings (SSSR count). The molecule has 1 aliphatic rings. The van der Waals surface area contributed by atoms with Gasteiger partial charge < -0.3 is 15.0 Å². The smallest absolute Gasteiger partial charge is 0.120 e. The Kier molecular flexibility index (Phi) is 3.01. The number of aromatic amines is 1. The van der Waals surface area contributed by atoms with Crippen LogP contribution in [0.2, 0.25) is 0 Å². The second-order valence-electron chi connectivity index (χ2n) is 4.65. The molecule has 0 saturated carbocycles. The number of hydrogen-bond donors (Lipinski definition) is 2. The first kappa shape index (κ1) is 10.7. The highest BCUT2D eigenvalue weighted by Gasteiger charge is 2.13. The molecular formula is C14H18N2O. The van der Waals surface area contributed by atoms with Crippen LogP contribution in [0.3, 0.4) is 0 Å². The van der Waals surface area contributed by atoms with Crippen molar-refractivity contribution in [3.8, 4) is 5.75 Å². The van der Waals surface area contributed by atoms with Gasteiger partial charge in [0, 0.05) is 17.1 Å². The van der Waals surface area contributed by atoms with Gasteiger partial charge in [0.25, 0.3) is 0 Å². The van der Waals surface area contributed by atoms with Crippen molar-refractivity contribution in [2.75, 3.05) is 13.1 Å². The Morgan fingerprint density at radius 2 is 2.12 bits per heavy atom. The minimum Gasteiger partial charge on any atom is -0.490 e. The summed E-state index contributed by atoms with van der Waals surface area (Å²) in [7, 11) is 0. The molecule has 2 aromatic rings. The zero-order valence-corrected chi connectivity index (χ0v) is 9.91. The Labute approximate surface area is 101 Å². The highest BCUT2D eigenvalue weighted by atomic mass is 16.5. The Hall–Kier alpha value is -1.48. The van der Waals surface area contributed by atoms with Crippen LogP contribution < -0.4 is 10.1 Å². The highest BCUT2D eigenvalue weighted by molar-refractivity contribution is 5.80. The number of fused-ring (bicyclic) bond motifs is 1. The second kappa shape index (κ2) is 4.80. The van der Waals surface area contributed by atoms with Crippen LogP contribution in [0.25, 0.3) is 10.9 Å². The van der Waals surface area contributed by atoms with E-state index in [0.29, 0.717) is 6.10 Å². The number of H-pyrrole nitrogens is 1. The van der Waals surface area contributed by atoms with E-state index < -0.39 is 0 Å². The van der Waals surface area contributed by atoms with Crippen molar-refractivity contribution in [1.82, 2.24) is 10.3 Å². The molecule has 1 unspecified atom stereocenters. The number of benzene rings is 1. The van der Waals surface area contributed by atoms with E-state index in [0.717, 1.165) is 31.7 Å². The molecule has 1 aromatic carbocycles. The Balaban J connectivity index is 1.74. The number of nitrogens with one attached hydrogen (secondary N) is 2. The van der Waals surface area contributed by atoms with Crippen LogP contribution in [0, 0.1) is 0 Å². The lowest BCUT2D eigenvalue weighted by molar-refractivity contribution is 0.188. The molecule has 1 saturated heterocycles. The summed E-state index contributed by atoms with van der Waals surface area (Å²) in [4.78, 5) is 3.19. The van der Waals surface area contributed by atoms with Crippen molar-refractivity contribution in [2.24, 2.45) is 0 Å². The summed E-state index contributed by atoms with van der Waals surface area (Å²) in [6, 6.07) is 8.33. The molecule has 2 heterocycles. The first-order valence-electron chi connectivity index (χ1n) is 6.36. The number of hydrogen-bond acceptors (Lipinski definition) is 2. The second-order valence-corrected chi connectivity index (χ2v) is 4.65. The maximum Gasteiger partial charge on any atom is 0.120 e. The zero-order valence-electron chi connectivity index (χ0n) is 9.91. The molecule has 3 nitrogen and oxygen atoms in total. The van der Waals surface area contributed by atoms with Gasteiger partial charge in [0.15, 0.2) is 0 Å². The van der Waals surface area contributed by atoms with E-state index in [1.54, 1.807) is 0 Å². The van der Waals surface area contributed by atoms with Crippen molar-refractivity contribution < 1.29 is 4.74 Å². The average molecular weight is 230 g/mol. The minimum atomic E-state index is 0.362. The van der Waals surface area contributed by atoms with Crippen LogP contribution in [-0.2, 0) is 0 Å². The van der Waals surface area contributed by atoms with E-state index in [9.17, 15) is 0 Å². The van der Waals surface area contributed by atoms with Crippen LogP contribution in [0.4, 0.5) is 0 Å². The zero-order chi connectivity index (χ0) is 11.5. The van der Waals surface area contributed by atoms with Crippen LogP contribution in [0.5, 0.6) is 5.75 Å². The summed E-state index contributed by atoms with van der Waals surface area (Å²) in [5.41, 5.74) is 1.17. The third kappa shape index (κ3) is 2.44. The molecule has 0 amide bonds. The van der Waals surface area contributed by atoms with Crippen molar-refractivity contribution in [3.05, 3.63) is 30.5 Å². The van der Waals surface area contributed by atoms with Gasteiger partial charge in [-0.25, -0.2) is 0 Å². The highest BCUT2D eigenvalue weighted by Crippen LogP contribution is 2.22. The first-order valence-corrected chi connectivity index (χ1v) is 6.36. The predicted molar refractivity (Wildman–Crippen MR) is 69.4 cm³/mol. The molecular weight excluding hydrogens is 212 g/mol. The van der Waals surface area contributed by atoms with Gasteiger partial charge in [-0.2, -0.15) is 0 Å². The van der Waals surface area contributed by atoms with Gasteiger partial charge in [-0.05, 0) is 56.6 Å². The topological polar surface area (TPSA) is 37.0 Å². The van der Waals surface area contributed by atoms with Crippen LogP contribution >= 0.6 is 0 Å². The molecule has 0 spiro atoms. The van der Waals surface area contributed by atoms with Crippen LogP contribution in [0.15, 0.2) is 30.5 Å². The van der Waals surface area contributed by atoms with Crippen molar-refractivity contribution in [3.63, 3.8) is 0 Å². The monoisotopic (exact) mass is 230 g/mol. The molecule has 17 heavy (non-hydrogen) atoms. The summed E-state index contributed by atoms with van der Waals surface area (Å²) in [6.07, 6.45) is 5.78. The molecule has 2 N–H and O–H groups in total. The first-order chi connectivity index (χ1) is 8.42. The largest absolute Gasteiger partial charge is 0.490 e. The fraction of sp³-hybridized carbons (Fsp3) is 0.429. The summed E-state index contributed by atoms with van der Waals surface area (Å²) < 4.78 is 6.06. The Morgan fingerprint density at radius 1 is 1.12 bits per heavy atom. The van der Waals surface area contributed by atoms with Gasteiger partial charge in [0.2, 0.25) is 0 Å². The SMILES string of the molecule is c1cc2cc(OC3CCCNCC3)ccc2[nH]1. The van der Waals surface area contributed by atoms with E-state index in [2.05, 4.69) is 34.6 Å². The molecule has 1 fully saturated rings. The van der Waals surface area contributed by atoms with E-state index in [1.807, 2.05) is 6.20 Å². The molecule has 0 radical (unpaired) electrons. The fourth-order valence-corrected chi connectivity index (χ4v) is 2.40. The summed E-state index contributed by atoms with van der Waals surface area (Å²) in [5, 5.41) is 4.62. The van der Waals surface area contributed by atoms with Gasteiger partial charge in [-0.15, -0.1) is 0 Å². The van der Waals surface area contributed by atoms with Crippen LogP contribution in [-0.4, -0.2) is 24.2 Å². The molecule has 1 atom stereocenters. The van der Waals surface area contributed by atoms with Crippen molar-refractivity contribution in [2.45, 2.75) is 25.4 Å².